The second-order valence-electron chi connectivity index (χ2n) is 5.62. The molecule has 1 unspecified atom stereocenters. The first-order valence-corrected chi connectivity index (χ1v) is 8.24. The number of hydrogen-bond donors (Lipinski definition) is 0. The fraction of sp³-hybridized carbons (Fsp3) is 0.375. The predicted molar refractivity (Wildman–Crippen MR) is 85.6 cm³/mol. The first-order valence-electron chi connectivity index (χ1n) is 7.37. The van der Waals surface area contributed by atoms with Crippen LogP contribution < -0.4 is 0 Å². The molecule has 0 bridgehead atoms. The fourth-order valence-electron chi connectivity index (χ4n) is 3.18. The molecule has 21 heavy (non-hydrogen) atoms. The van der Waals surface area contributed by atoms with Crippen LogP contribution in [0.3, 0.4) is 0 Å². The Labute approximate surface area is 128 Å². The number of imidazole rings is 1. The van der Waals surface area contributed by atoms with Crippen LogP contribution in [-0.2, 0) is 6.54 Å². The topological polar surface area (TPSA) is 34.0 Å². The second-order valence-corrected chi connectivity index (χ2v) is 6.65. The van der Waals surface area contributed by atoms with Crippen LogP contribution in [0.15, 0.2) is 35.8 Å². The number of pyridine rings is 1. The number of fused-ring (bicyclic) bond motifs is 1. The van der Waals surface area contributed by atoms with Crippen LogP contribution in [0.4, 0.5) is 0 Å². The summed E-state index contributed by atoms with van der Waals surface area (Å²) >= 11 is 1.79. The van der Waals surface area contributed by atoms with Crippen LogP contribution in [-0.4, -0.2) is 33.0 Å². The number of rotatable bonds is 3. The molecule has 0 saturated carbocycles. The van der Waals surface area contributed by atoms with E-state index in [-0.39, 0.29) is 0 Å². The lowest BCUT2D eigenvalue weighted by molar-refractivity contribution is 0.300. The van der Waals surface area contributed by atoms with Crippen molar-refractivity contribution < 1.29 is 0 Å². The Bertz CT molecular complexity index is 747. The van der Waals surface area contributed by atoms with Gasteiger partial charge >= 0.3 is 0 Å². The van der Waals surface area contributed by atoms with E-state index in [4.69, 9.17) is 4.98 Å². The lowest BCUT2D eigenvalue weighted by atomic mass is 10.2. The van der Waals surface area contributed by atoms with Gasteiger partial charge in [-0.3, -0.25) is 4.90 Å². The monoisotopic (exact) mass is 298 g/mol. The van der Waals surface area contributed by atoms with Crippen molar-refractivity contribution in [2.24, 2.45) is 0 Å². The molecule has 0 N–H and O–H groups in total. The molecule has 0 spiro atoms. The van der Waals surface area contributed by atoms with Crippen molar-refractivity contribution in [1.29, 1.82) is 0 Å². The maximum Gasteiger partial charge on any atom is 0.160 e. The van der Waals surface area contributed by atoms with Gasteiger partial charge in [-0.15, -0.1) is 11.3 Å². The molecule has 5 heteroatoms. The standard InChI is InChI=1S/C16H18N4S/c1-19-9-3-7-14(19)16-18-13-6-2-8-17-15(13)20(16)11-12-5-4-10-21-12/h2,4-6,8,10,14H,3,7,9,11H2,1H3. The van der Waals surface area contributed by atoms with E-state index in [1.807, 2.05) is 12.3 Å². The molecular formula is C16H18N4S. The number of likely N-dealkylation sites (tertiary alicyclic amines) is 1. The van der Waals surface area contributed by atoms with E-state index in [0.717, 1.165) is 30.1 Å². The highest BCUT2D eigenvalue weighted by Crippen LogP contribution is 2.32. The summed E-state index contributed by atoms with van der Waals surface area (Å²) in [5.41, 5.74) is 2.01. The molecule has 108 valence electrons. The molecule has 1 atom stereocenters. The average molecular weight is 298 g/mol. The Balaban J connectivity index is 1.84. The summed E-state index contributed by atoms with van der Waals surface area (Å²) in [6.45, 7) is 2.02. The van der Waals surface area contributed by atoms with Crippen LogP contribution in [0, 0.1) is 0 Å². The van der Waals surface area contributed by atoms with Crippen molar-refractivity contribution in [1.82, 2.24) is 19.4 Å². The molecule has 4 nitrogen and oxygen atoms in total. The normalized spacial score (nSPS) is 19.6. The number of nitrogens with zero attached hydrogens (tertiary/aromatic N) is 4. The van der Waals surface area contributed by atoms with Crippen molar-refractivity contribution in [3.8, 4) is 0 Å². The molecule has 4 heterocycles. The third-order valence-electron chi connectivity index (χ3n) is 4.25. The highest BCUT2D eigenvalue weighted by Gasteiger charge is 2.28. The van der Waals surface area contributed by atoms with Gasteiger partial charge in [0.1, 0.15) is 11.3 Å². The van der Waals surface area contributed by atoms with Gasteiger partial charge in [0.05, 0.1) is 12.6 Å². The van der Waals surface area contributed by atoms with Crippen molar-refractivity contribution >= 4 is 22.5 Å². The number of thiophene rings is 1. The molecule has 3 aromatic rings. The van der Waals surface area contributed by atoms with E-state index in [2.05, 4.69) is 45.1 Å². The molecule has 1 aliphatic rings. The summed E-state index contributed by atoms with van der Waals surface area (Å²) in [6, 6.07) is 8.73. The molecule has 0 radical (unpaired) electrons. The fourth-order valence-corrected chi connectivity index (χ4v) is 3.87. The molecule has 1 fully saturated rings. The molecular weight excluding hydrogens is 280 g/mol. The summed E-state index contributed by atoms with van der Waals surface area (Å²) in [4.78, 5) is 13.2. The lowest BCUT2D eigenvalue weighted by Crippen LogP contribution is -2.21. The summed E-state index contributed by atoms with van der Waals surface area (Å²) in [5.74, 6) is 1.16. The Morgan fingerprint density at radius 1 is 1.33 bits per heavy atom. The molecule has 4 rings (SSSR count). The van der Waals surface area contributed by atoms with E-state index in [1.165, 1.54) is 17.7 Å². The van der Waals surface area contributed by atoms with Gasteiger partial charge in [-0.05, 0) is 50.0 Å². The zero-order valence-electron chi connectivity index (χ0n) is 12.1. The third-order valence-corrected chi connectivity index (χ3v) is 5.11. The van der Waals surface area contributed by atoms with E-state index < -0.39 is 0 Å². The Hall–Kier alpha value is -1.72. The lowest BCUT2D eigenvalue weighted by Gasteiger charge is -2.20. The second kappa shape index (κ2) is 5.24. The van der Waals surface area contributed by atoms with E-state index in [0.29, 0.717) is 6.04 Å². The molecule has 1 aliphatic heterocycles. The Morgan fingerprint density at radius 2 is 2.29 bits per heavy atom. The van der Waals surface area contributed by atoms with Gasteiger partial charge in [0.25, 0.3) is 0 Å². The summed E-state index contributed by atoms with van der Waals surface area (Å²) in [7, 11) is 2.19. The molecule has 3 aromatic heterocycles. The van der Waals surface area contributed by atoms with Crippen LogP contribution in [0.2, 0.25) is 0 Å². The first-order chi connectivity index (χ1) is 10.3. The van der Waals surface area contributed by atoms with Gasteiger partial charge in [-0.25, -0.2) is 9.97 Å². The van der Waals surface area contributed by atoms with Crippen LogP contribution in [0.25, 0.3) is 11.2 Å². The highest BCUT2D eigenvalue weighted by molar-refractivity contribution is 7.09. The largest absolute Gasteiger partial charge is 0.306 e. The zero-order valence-corrected chi connectivity index (χ0v) is 12.9. The first kappa shape index (κ1) is 13.0. The average Bonchev–Trinajstić information content (AvgIpc) is 3.20. The Kier molecular flexibility index (Phi) is 3.24. The zero-order chi connectivity index (χ0) is 14.2. The summed E-state index contributed by atoms with van der Waals surface area (Å²) in [5, 5.41) is 2.13. The minimum atomic E-state index is 0.416. The predicted octanol–water partition coefficient (Wildman–Crippen LogP) is 3.31. The third kappa shape index (κ3) is 2.26. The number of aromatic nitrogens is 3. The minimum Gasteiger partial charge on any atom is -0.306 e. The quantitative estimate of drug-likeness (QED) is 0.744. The minimum absolute atomic E-state index is 0.416. The van der Waals surface area contributed by atoms with E-state index >= 15 is 0 Å². The van der Waals surface area contributed by atoms with Gasteiger partial charge in [0, 0.05) is 11.1 Å². The van der Waals surface area contributed by atoms with Crippen LogP contribution >= 0.6 is 11.3 Å². The molecule has 0 aliphatic carbocycles. The Morgan fingerprint density at radius 3 is 3.05 bits per heavy atom. The van der Waals surface area contributed by atoms with E-state index in [9.17, 15) is 0 Å². The summed E-state index contributed by atoms with van der Waals surface area (Å²) in [6.07, 6.45) is 4.29. The molecule has 0 amide bonds. The van der Waals surface area contributed by atoms with Crippen molar-refractivity contribution in [3.63, 3.8) is 0 Å². The van der Waals surface area contributed by atoms with Gasteiger partial charge in [0.2, 0.25) is 0 Å². The van der Waals surface area contributed by atoms with E-state index in [1.54, 1.807) is 11.3 Å². The van der Waals surface area contributed by atoms with Gasteiger partial charge in [-0.1, -0.05) is 6.07 Å². The van der Waals surface area contributed by atoms with Crippen molar-refractivity contribution in [3.05, 3.63) is 46.5 Å². The number of hydrogen-bond acceptors (Lipinski definition) is 4. The van der Waals surface area contributed by atoms with Gasteiger partial charge < -0.3 is 4.57 Å². The van der Waals surface area contributed by atoms with Crippen molar-refractivity contribution in [2.75, 3.05) is 13.6 Å². The van der Waals surface area contributed by atoms with Crippen LogP contribution in [0.1, 0.15) is 29.6 Å². The van der Waals surface area contributed by atoms with Crippen molar-refractivity contribution in [2.45, 2.75) is 25.4 Å². The molecule has 0 aromatic carbocycles. The SMILES string of the molecule is CN1CCCC1c1nc2cccnc2n1Cc1cccs1. The maximum absolute atomic E-state index is 4.89. The van der Waals surface area contributed by atoms with Gasteiger partial charge in [-0.2, -0.15) is 0 Å². The van der Waals surface area contributed by atoms with Gasteiger partial charge in [0.15, 0.2) is 5.65 Å². The smallest absolute Gasteiger partial charge is 0.160 e. The molecule has 1 saturated heterocycles. The highest BCUT2D eigenvalue weighted by atomic mass is 32.1. The summed E-state index contributed by atoms with van der Waals surface area (Å²) < 4.78 is 2.30. The van der Waals surface area contributed by atoms with Crippen LogP contribution in [0.5, 0.6) is 0 Å². The maximum atomic E-state index is 4.89.